The van der Waals surface area contributed by atoms with Crippen molar-refractivity contribution < 1.29 is 9.21 Å². The highest BCUT2D eigenvalue weighted by molar-refractivity contribution is 9.10. The van der Waals surface area contributed by atoms with E-state index in [2.05, 4.69) is 31.4 Å². The summed E-state index contributed by atoms with van der Waals surface area (Å²) in [6.07, 6.45) is 0. The standard InChI is InChI=1S/C17H14BrN3O2S/c1-11-5-7-14(8-6-11)19-15(22)10-24-17-21-20-16(23-17)12-3-2-4-13(18)9-12/h2-9H,10H2,1H3,(H,19,22). The van der Waals surface area contributed by atoms with Crippen LogP contribution in [0.3, 0.4) is 0 Å². The maximum atomic E-state index is 12.0. The quantitative estimate of drug-likeness (QED) is 0.633. The second-order valence-electron chi connectivity index (χ2n) is 5.09. The van der Waals surface area contributed by atoms with E-state index in [4.69, 9.17) is 4.42 Å². The smallest absolute Gasteiger partial charge is 0.277 e. The molecule has 0 aliphatic carbocycles. The Bertz CT molecular complexity index is 849. The lowest BCUT2D eigenvalue weighted by Crippen LogP contribution is -2.13. The van der Waals surface area contributed by atoms with E-state index < -0.39 is 0 Å². The molecule has 0 fully saturated rings. The predicted octanol–water partition coefficient (Wildman–Crippen LogP) is 4.54. The Balaban J connectivity index is 1.57. The lowest BCUT2D eigenvalue weighted by Gasteiger charge is -2.04. The van der Waals surface area contributed by atoms with Gasteiger partial charge in [-0.3, -0.25) is 4.79 Å². The Morgan fingerprint density at radius 3 is 2.75 bits per heavy atom. The lowest BCUT2D eigenvalue weighted by atomic mass is 10.2. The van der Waals surface area contributed by atoms with Crippen LogP contribution in [0.15, 0.2) is 62.6 Å². The van der Waals surface area contributed by atoms with E-state index >= 15 is 0 Å². The number of nitrogens with zero attached hydrogens (tertiary/aromatic N) is 2. The van der Waals surface area contributed by atoms with Crippen molar-refractivity contribution in [2.45, 2.75) is 12.1 Å². The van der Waals surface area contributed by atoms with Gasteiger partial charge in [0.25, 0.3) is 5.22 Å². The van der Waals surface area contributed by atoms with Crippen molar-refractivity contribution in [3.8, 4) is 11.5 Å². The predicted molar refractivity (Wildman–Crippen MR) is 98.0 cm³/mol. The van der Waals surface area contributed by atoms with Gasteiger partial charge in [-0.15, -0.1) is 10.2 Å². The SMILES string of the molecule is Cc1ccc(NC(=O)CSc2nnc(-c3cccc(Br)c3)o2)cc1. The minimum Gasteiger partial charge on any atom is -0.411 e. The van der Waals surface area contributed by atoms with Crippen molar-refractivity contribution in [2.24, 2.45) is 0 Å². The van der Waals surface area contributed by atoms with Crippen LogP contribution in [-0.4, -0.2) is 21.9 Å². The molecule has 0 spiro atoms. The summed E-state index contributed by atoms with van der Waals surface area (Å²) < 4.78 is 6.52. The maximum absolute atomic E-state index is 12.0. The van der Waals surface area contributed by atoms with E-state index in [9.17, 15) is 4.79 Å². The summed E-state index contributed by atoms with van der Waals surface area (Å²) in [6.45, 7) is 2.00. The molecule has 0 unspecified atom stereocenters. The summed E-state index contributed by atoms with van der Waals surface area (Å²) in [5.74, 6) is 0.511. The summed E-state index contributed by atoms with van der Waals surface area (Å²) >= 11 is 4.61. The fraction of sp³-hybridized carbons (Fsp3) is 0.118. The molecule has 7 heteroatoms. The number of thioether (sulfide) groups is 1. The molecule has 24 heavy (non-hydrogen) atoms. The number of amides is 1. The van der Waals surface area contributed by atoms with E-state index in [1.807, 2.05) is 55.5 Å². The summed E-state index contributed by atoms with van der Waals surface area (Å²) in [4.78, 5) is 12.0. The van der Waals surface area contributed by atoms with Crippen molar-refractivity contribution in [1.82, 2.24) is 10.2 Å². The molecule has 5 nitrogen and oxygen atoms in total. The molecule has 1 aromatic heterocycles. The maximum Gasteiger partial charge on any atom is 0.277 e. The first-order valence-corrected chi connectivity index (χ1v) is 8.97. The van der Waals surface area contributed by atoms with Crippen LogP contribution in [0.2, 0.25) is 0 Å². The van der Waals surface area contributed by atoms with Gasteiger partial charge in [0, 0.05) is 15.7 Å². The summed E-state index contributed by atoms with van der Waals surface area (Å²) in [5.41, 5.74) is 2.74. The number of anilines is 1. The fourth-order valence-electron chi connectivity index (χ4n) is 1.97. The van der Waals surface area contributed by atoms with Gasteiger partial charge in [0.2, 0.25) is 11.8 Å². The normalized spacial score (nSPS) is 10.6. The summed E-state index contributed by atoms with van der Waals surface area (Å²) in [5, 5.41) is 11.2. The zero-order valence-corrected chi connectivity index (χ0v) is 15.2. The van der Waals surface area contributed by atoms with Gasteiger partial charge in [-0.25, -0.2) is 0 Å². The zero-order chi connectivity index (χ0) is 16.9. The molecule has 0 atom stereocenters. The molecule has 0 saturated carbocycles. The van der Waals surface area contributed by atoms with Crippen molar-refractivity contribution in [3.05, 3.63) is 58.6 Å². The summed E-state index contributed by atoms with van der Waals surface area (Å²) in [7, 11) is 0. The van der Waals surface area contributed by atoms with Crippen LogP contribution in [0.4, 0.5) is 5.69 Å². The largest absolute Gasteiger partial charge is 0.411 e. The molecule has 1 amide bonds. The third-order valence-electron chi connectivity index (χ3n) is 3.14. The van der Waals surface area contributed by atoms with E-state index in [1.54, 1.807) is 0 Å². The van der Waals surface area contributed by atoms with Gasteiger partial charge in [-0.05, 0) is 37.3 Å². The Labute approximate surface area is 152 Å². The van der Waals surface area contributed by atoms with Crippen LogP contribution in [0.5, 0.6) is 0 Å². The molecule has 0 saturated heterocycles. The number of hydrogen-bond acceptors (Lipinski definition) is 5. The second kappa shape index (κ2) is 7.63. The highest BCUT2D eigenvalue weighted by Gasteiger charge is 2.11. The number of aryl methyl sites for hydroxylation is 1. The van der Waals surface area contributed by atoms with Crippen LogP contribution in [-0.2, 0) is 4.79 Å². The van der Waals surface area contributed by atoms with E-state index in [1.165, 1.54) is 11.8 Å². The molecule has 122 valence electrons. The van der Waals surface area contributed by atoms with Crippen molar-refractivity contribution >= 4 is 39.3 Å². The number of nitrogens with one attached hydrogen (secondary N) is 1. The number of aromatic nitrogens is 2. The molecule has 2 aromatic carbocycles. The Morgan fingerprint density at radius 2 is 2.00 bits per heavy atom. The molecular weight excluding hydrogens is 390 g/mol. The van der Waals surface area contributed by atoms with Crippen LogP contribution >= 0.6 is 27.7 Å². The minimum absolute atomic E-state index is 0.119. The Hall–Kier alpha value is -2.12. The van der Waals surface area contributed by atoms with E-state index in [0.717, 1.165) is 21.3 Å². The molecule has 1 heterocycles. The fourth-order valence-corrected chi connectivity index (χ4v) is 2.93. The summed E-state index contributed by atoms with van der Waals surface area (Å²) in [6, 6.07) is 15.2. The van der Waals surface area contributed by atoms with Gasteiger partial charge in [0.1, 0.15) is 0 Å². The number of carbonyl (C=O) groups is 1. The molecule has 0 aliphatic rings. The first-order valence-electron chi connectivity index (χ1n) is 7.19. The zero-order valence-electron chi connectivity index (χ0n) is 12.8. The van der Waals surface area contributed by atoms with Gasteiger partial charge in [-0.1, -0.05) is 51.5 Å². The monoisotopic (exact) mass is 403 g/mol. The highest BCUT2D eigenvalue weighted by atomic mass is 79.9. The van der Waals surface area contributed by atoms with Gasteiger partial charge in [-0.2, -0.15) is 0 Å². The van der Waals surface area contributed by atoms with Gasteiger partial charge in [0.15, 0.2) is 0 Å². The molecular formula is C17H14BrN3O2S. The van der Waals surface area contributed by atoms with Gasteiger partial charge < -0.3 is 9.73 Å². The first-order chi connectivity index (χ1) is 11.6. The van der Waals surface area contributed by atoms with E-state index in [-0.39, 0.29) is 11.7 Å². The average molecular weight is 404 g/mol. The first kappa shape index (κ1) is 16.7. The average Bonchev–Trinajstić information content (AvgIpc) is 3.04. The van der Waals surface area contributed by atoms with Crippen LogP contribution in [0.1, 0.15) is 5.56 Å². The lowest BCUT2D eigenvalue weighted by molar-refractivity contribution is -0.113. The third kappa shape index (κ3) is 4.46. The second-order valence-corrected chi connectivity index (χ2v) is 6.93. The van der Waals surface area contributed by atoms with Gasteiger partial charge in [0.05, 0.1) is 5.75 Å². The van der Waals surface area contributed by atoms with Crippen LogP contribution in [0.25, 0.3) is 11.5 Å². The van der Waals surface area contributed by atoms with Crippen molar-refractivity contribution in [3.63, 3.8) is 0 Å². The molecule has 0 radical (unpaired) electrons. The Kier molecular flexibility index (Phi) is 5.32. The van der Waals surface area contributed by atoms with E-state index in [0.29, 0.717) is 11.1 Å². The number of rotatable bonds is 5. The van der Waals surface area contributed by atoms with Crippen LogP contribution < -0.4 is 5.32 Å². The number of carbonyl (C=O) groups excluding carboxylic acids is 1. The highest BCUT2D eigenvalue weighted by Crippen LogP contribution is 2.25. The number of halogens is 1. The number of benzene rings is 2. The molecule has 0 aliphatic heterocycles. The Morgan fingerprint density at radius 1 is 1.21 bits per heavy atom. The topological polar surface area (TPSA) is 68.0 Å². The van der Waals surface area contributed by atoms with Crippen LogP contribution in [0, 0.1) is 6.92 Å². The molecule has 1 N–H and O–H groups in total. The third-order valence-corrected chi connectivity index (χ3v) is 4.45. The number of hydrogen-bond donors (Lipinski definition) is 1. The molecule has 3 rings (SSSR count). The van der Waals surface area contributed by atoms with Crippen molar-refractivity contribution in [2.75, 3.05) is 11.1 Å². The molecule has 3 aromatic rings. The molecule has 0 bridgehead atoms. The minimum atomic E-state index is -0.119. The van der Waals surface area contributed by atoms with Gasteiger partial charge >= 0.3 is 0 Å². The van der Waals surface area contributed by atoms with Crippen molar-refractivity contribution in [1.29, 1.82) is 0 Å².